The van der Waals surface area contributed by atoms with Crippen LogP contribution in [0.4, 0.5) is 0 Å². The Morgan fingerprint density at radius 2 is 1.67 bits per heavy atom. The molecule has 2 aromatic heterocycles. The Morgan fingerprint density at radius 3 is 2.39 bits per heavy atom. The van der Waals surface area contributed by atoms with Gasteiger partial charge in [-0.2, -0.15) is 5.10 Å². The van der Waals surface area contributed by atoms with Crippen LogP contribution >= 0.6 is 11.8 Å². The molecule has 2 heterocycles. The van der Waals surface area contributed by atoms with Crippen molar-refractivity contribution in [2.75, 3.05) is 12.9 Å². The number of benzene rings is 3. The van der Waals surface area contributed by atoms with Gasteiger partial charge in [-0.3, -0.25) is 4.79 Å². The predicted octanol–water partition coefficient (Wildman–Crippen LogP) is 5.01. The fourth-order valence-corrected chi connectivity index (χ4v) is 4.17. The van der Waals surface area contributed by atoms with Crippen LogP contribution in [0.25, 0.3) is 28.4 Å². The van der Waals surface area contributed by atoms with Crippen molar-refractivity contribution in [2.45, 2.75) is 11.8 Å². The van der Waals surface area contributed by atoms with Crippen molar-refractivity contribution in [3.63, 3.8) is 0 Å². The van der Waals surface area contributed by atoms with Crippen LogP contribution in [0.15, 0.2) is 101 Å². The first-order valence-electron chi connectivity index (χ1n) is 11.3. The number of amides is 1. The van der Waals surface area contributed by atoms with Crippen molar-refractivity contribution in [1.29, 1.82) is 0 Å². The number of thioether (sulfide) groups is 1. The number of methoxy groups -OCH3 is 1. The van der Waals surface area contributed by atoms with Crippen LogP contribution in [0.3, 0.4) is 0 Å². The lowest BCUT2D eigenvalue weighted by atomic mass is 10.1. The quantitative estimate of drug-likeness (QED) is 0.286. The van der Waals surface area contributed by atoms with Crippen LogP contribution in [0.2, 0.25) is 0 Å². The summed E-state index contributed by atoms with van der Waals surface area (Å²) in [6, 6.07) is 27.1. The maximum absolute atomic E-state index is 12.6. The number of aromatic nitrogens is 4. The Labute approximate surface area is 212 Å². The molecule has 3 aromatic carbocycles. The van der Waals surface area contributed by atoms with E-state index in [9.17, 15) is 4.79 Å². The van der Waals surface area contributed by atoms with Crippen LogP contribution in [0.5, 0.6) is 5.75 Å². The zero-order valence-electron chi connectivity index (χ0n) is 19.5. The molecule has 9 heteroatoms. The summed E-state index contributed by atoms with van der Waals surface area (Å²) in [6.07, 6.45) is 1.95. The highest BCUT2D eigenvalue weighted by atomic mass is 32.2. The number of rotatable bonds is 9. The number of para-hydroxylation sites is 1. The van der Waals surface area contributed by atoms with Crippen LogP contribution in [-0.4, -0.2) is 38.7 Å². The third-order valence-electron chi connectivity index (χ3n) is 5.40. The molecule has 0 aliphatic heterocycles. The summed E-state index contributed by atoms with van der Waals surface area (Å²) in [6.45, 7) is 0.345. The van der Waals surface area contributed by atoms with E-state index in [1.54, 1.807) is 7.11 Å². The molecular weight excluding hydrogens is 474 g/mol. The lowest BCUT2D eigenvalue weighted by molar-refractivity contribution is -0.118. The highest BCUT2D eigenvalue weighted by Gasteiger charge is 2.15. The van der Waals surface area contributed by atoms with Crippen molar-refractivity contribution < 1.29 is 13.9 Å². The maximum atomic E-state index is 12.6. The van der Waals surface area contributed by atoms with Gasteiger partial charge in [0.2, 0.25) is 11.8 Å². The number of ether oxygens (including phenoxy) is 1. The lowest BCUT2D eigenvalue weighted by Gasteiger charge is -2.05. The van der Waals surface area contributed by atoms with Crippen molar-refractivity contribution in [3.05, 3.63) is 96.7 Å². The summed E-state index contributed by atoms with van der Waals surface area (Å²) in [7, 11) is 1.61. The summed E-state index contributed by atoms with van der Waals surface area (Å²) in [5.41, 5.74) is 4.47. The molecule has 5 rings (SSSR count). The minimum absolute atomic E-state index is 0.143. The topological polar surface area (TPSA) is 95.1 Å². The highest BCUT2D eigenvalue weighted by Crippen LogP contribution is 2.26. The van der Waals surface area contributed by atoms with Gasteiger partial charge in [0, 0.05) is 29.4 Å². The Bertz CT molecular complexity index is 1430. The largest absolute Gasteiger partial charge is 0.497 e. The molecule has 0 spiro atoms. The first kappa shape index (κ1) is 23.4. The van der Waals surface area contributed by atoms with Crippen LogP contribution in [0, 0.1) is 0 Å². The molecule has 5 aromatic rings. The molecule has 0 bridgehead atoms. The molecule has 0 fully saturated rings. The third kappa shape index (κ3) is 5.47. The van der Waals surface area contributed by atoms with Gasteiger partial charge in [-0.1, -0.05) is 60.3 Å². The molecule has 1 N–H and O–H groups in total. The number of carbonyl (C=O) groups is 1. The van der Waals surface area contributed by atoms with Gasteiger partial charge in [-0.15, -0.1) is 10.2 Å². The van der Waals surface area contributed by atoms with E-state index in [1.807, 2.05) is 95.8 Å². The molecule has 0 saturated heterocycles. The summed E-state index contributed by atoms with van der Waals surface area (Å²) >= 11 is 1.19. The molecular formula is C27H23N5O3S. The van der Waals surface area contributed by atoms with Crippen LogP contribution in [-0.2, 0) is 11.3 Å². The van der Waals surface area contributed by atoms with Crippen molar-refractivity contribution in [3.8, 4) is 34.1 Å². The smallest absolute Gasteiger partial charge is 0.277 e. The van der Waals surface area contributed by atoms with Gasteiger partial charge in [-0.25, -0.2) is 4.68 Å². The Hall–Kier alpha value is -4.37. The number of hydrogen-bond donors (Lipinski definition) is 1. The zero-order valence-corrected chi connectivity index (χ0v) is 20.3. The van der Waals surface area contributed by atoms with E-state index in [-0.39, 0.29) is 11.7 Å². The van der Waals surface area contributed by atoms with E-state index < -0.39 is 0 Å². The third-order valence-corrected chi connectivity index (χ3v) is 6.22. The second-order valence-electron chi connectivity index (χ2n) is 7.82. The minimum atomic E-state index is -0.143. The molecule has 1 amide bonds. The SMILES string of the molecule is COc1ccc(-c2nnc(SCC(=O)NCc3cn(-c4ccccc4)nc3-c3ccccc3)o2)cc1. The average Bonchev–Trinajstić information content (AvgIpc) is 3.59. The Kier molecular flexibility index (Phi) is 7.09. The molecule has 8 nitrogen and oxygen atoms in total. The number of nitrogens with zero attached hydrogens (tertiary/aromatic N) is 4. The van der Waals surface area contributed by atoms with E-state index in [2.05, 4.69) is 15.5 Å². The van der Waals surface area contributed by atoms with Gasteiger partial charge in [0.25, 0.3) is 5.22 Å². The summed E-state index contributed by atoms with van der Waals surface area (Å²) in [4.78, 5) is 12.6. The van der Waals surface area contributed by atoms with E-state index in [0.717, 1.165) is 33.8 Å². The fourth-order valence-electron chi connectivity index (χ4n) is 3.58. The van der Waals surface area contributed by atoms with Gasteiger partial charge < -0.3 is 14.5 Å². The minimum Gasteiger partial charge on any atom is -0.497 e. The van der Waals surface area contributed by atoms with Gasteiger partial charge in [0.1, 0.15) is 5.75 Å². The summed E-state index contributed by atoms with van der Waals surface area (Å²) in [5.74, 6) is 1.14. The van der Waals surface area contributed by atoms with E-state index >= 15 is 0 Å². The predicted molar refractivity (Wildman–Crippen MR) is 138 cm³/mol. The van der Waals surface area contributed by atoms with E-state index in [1.165, 1.54) is 11.8 Å². The van der Waals surface area contributed by atoms with E-state index in [0.29, 0.717) is 17.7 Å². The fraction of sp³-hybridized carbons (Fsp3) is 0.111. The molecule has 0 radical (unpaired) electrons. The number of hydrogen-bond acceptors (Lipinski definition) is 7. The van der Waals surface area contributed by atoms with Crippen molar-refractivity contribution >= 4 is 17.7 Å². The monoisotopic (exact) mass is 497 g/mol. The molecule has 0 aliphatic carbocycles. The number of carbonyl (C=O) groups excluding carboxylic acids is 1. The second kappa shape index (κ2) is 10.9. The van der Waals surface area contributed by atoms with Gasteiger partial charge in [0.05, 0.1) is 24.2 Å². The van der Waals surface area contributed by atoms with Gasteiger partial charge >= 0.3 is 0 Å². The van der Waals surface area contributed by atoms with Crippen LogP contribution in [0.1, 0.15) is 5.56 Å². The number of nitrogens with one attached hydrogen (secondary N) is 1. The van der Waals surface area contributed by atoms with E-state index in [4.69, 9.17) is 14.3 Å². The van der Waals surface area contributed by atoms with Crippen molar-refractivity contribution in [1.82, 2.24) is 25.3 Å². The standard InChI is InChI=1S/C27H23N5O3S/c1-34-23-14-12-20(13-15-23)26-29-30-27(35-26)36-18-24(33)28-16-21-17-32(22-10-6-3-7-11-22)31-25(21)19-8-4-2-5-9-19/h2-15,17H,16,18H2,1H3,(H,28,33). The second-order valence-corrected chi connectivity index (χ2v) is 8.74. The molecule has 0 saturated carbocycles. The maximum Gasteiger partial charge on any atom is 0.277 e. The average molecular weight is 498 g/mol. The van der Waals surface area contributed by atoms with Crippen molar-refractivity contribution in [2.24, 2.45) is 0 Å². The van der Waals surface area contributed by atoms with Crippen LogP contribution < -0.4 is 10.1 Å². The Balaban J connectivity index is 1.23. The van der Waals surface area contributed by atoms with Gasteiger partial charge in [-0.05, 0) is 36.4 Å². The highest BCUT2D eigenvalue weighted by molar-refractivity contribution is 7.99. The lowest BCUT2D eigenvalue weighted by Crippen LogP contribution is -2.24. The summed E-state index contributed by atoms with van der Waals surface area (Å²) < 4.78 is 12.7. The molecule has 0 atom stereocenters. The molecule has 0 unspecified atom stereocenters. The first-order valence-corrected chi connectivity index (χ1v) is 12.2. The zero-order chi connectivity index (χ0) is 24.7. The Morgan fingerprint density at radius 1 is 0.944 bits per heavy atom. The molecule has 180 valence electrons. The first-order chi connectivity index (χ1) is 17.7. The molecule has 0 aliphatic rings. The van der Waals surface area contributed by atoms with Gasteiger partial charge in [0.15, 0.2) is 0 Å². The summed E-state index contributed by atoms with van der Waals surface area (Å²) in [5, 5.41) is 16.2. The normalized spacial score (nSPS) is 10.8. The molecule has 36 heavy (non-hydrogen) atoms.